The molecule has 0 bridgehead atoms. The van der Waals surface area contributed by atoms with Crippen LogP contribution >= 0.6 is 0 Å². The number of rotatable bonds is 4. The van der Waals surface area contributed by atoms with Gasteiger partial charge in [-0.2, -0.15) is 0 Å². The minimum atomic E-state index is -0.678. The first-order valence-electron chi connectivity index (χ1n) is 5.90. The number of hydrogen-bond donors (Lipinski definition) is 2. The molecule has 94 valence electrons. The van der Waals surface area contributed by atoms with Crippen LogP contribution in [0.1, 0.15) is 33.1 Å². The van der Waals surface area contributed by atoms with E-state index >= 15 is 0 Å². The molecule has 0 aromatic carbocycles. The van der Waals surface area contributed by atoms with Crippen LogP contribution in [0.4, 0.5) is 0 Å². The van der Waals surface area contributed by atoms with Gasteiger partial charge in [-0.15, -0.1) is 0 Å². The highest BCUT2D eigenvalue weighted by Gasteiger charge is 2.22. The zero-order valence-corrected chi connectivity index (χ0v) is 10.9. The summed E-state index contributed by atoms with van der Waals surface area (Å²) in [6.07, 6.45) is 2.34. The van der Waals surface area contributed by atoms with Crippen molar-refractivity contribution in [3.63, 3.8) is 0 Å². The van der Waals surface area contributed by atoms with E-state index in [4.69, 9.17) is 5.73 Å². The molecule has 1 aliphatic rings. The molecule has 1 fully saturated rings. The van der Waals surface area contributed by atoms with Crippen LogP contribution in [0.3, 0.4) is 0 Å². The predicted molar refractivity (Wildman–Crippen MR) is 66.5 cm³/mol. The number of carbonyl (C=O) groups excluding carboxylic acids is 1. The van der Waals surface area contributed by atoms with Gasteiger partial charge in [0, 0.05) is 28.3 Å². The third kappa shape index (κ3) is 4.61. The maximum Gasteiger partial charge on any atom is 0.237 e. The number of hydrogen-bond acceptors (Lipinski definition) is 3. The summed E-state index contributed by atoms with van der Waals surface area (Å²) < 4.78 is 11.1. The Morgan fingerprint density at radius 2 is 2.00 bits per heavy atom. The van der Waals surface area contributed by atoms with Crippen molar-refractivity contribution in [1.82, 2.24) is 5.32 Å². The van der Waals surface area contributed by atoms with Gasteiger partial charge in [0.15, 0.2) is 0 Å². The molecule has 1 heterocycles. The lowest BCUT2D eigenvalue weighted by Gasteiger charge is -2.24. The van der Waals surface area contributed by atoms with Gasteiger partial charge < -0.3 is 11.1 Å². The minimum Gasteiger partial charge on any atom is -0.352 e. The second kappa shape index (κ2) is 6.35. The summed E-state index contributed by atoms with van der Waals surface area (Å²) in [6.45, 7) is 4.10. The van der Waals surface area contributed by atoms with E-state index < -0.39 is 16.8 Å². The Morgan fingerprint density at radius 3 is 2.50 bits per heavy atom. The second-order valence-electron chi connectivity index (χ2n) is 4.87. The summed E-state index contributed by atoms with van der Waals surface area (Å²) >= 11 is 0. The van der Waals surface area contributed by atoms with Gasteiger partial charge in [0.05, 0.1) is 6.04 Å². The van der Waals surface area contributed by atoms with Crippen LogP contribution in [-0.4, -0.2) is 33.7 Å². The number of nitrogens with two attached hydrogens (primary N) is 1. The molecule has 0 aliphatic carbocycles. The van der Waals surface area contributed by atoms with Crippen LogP contribution in [0.5, 0.6) is 0 Å². The zero-order chi connectivity index (χ0) is 12.1. The Labute approximate surface area is 99.8 Å². The molecule has 1 saturated heterocycles. The molecule has 1 rings (SSSR count). The van der Waals surface area contributed by atoms with Crippen molar-refractivity contribution in [3.05, 3.63) is 0 Å². The van der Waals surface area contributed by atoms with E-state index in [1.54, 1.807) is 0 Å². The minimum absolute atomic E-state index is 0.0635. The molecule has 0 unspecified atom stereocenters. The van der Waals surface area contributed by atoms with Gasteiger partial charge in [-0.3, -0.25) is 9.00 Å². The van der Waals surface area contributed by atoms with E-state index in [0.717, 1.165) is 12.8 Å². The average Bonchev–Trinajstić information content (AvgIpc) is 2.20. The maximum absolute atomic E-state index is 11.7. The highest BCUT2D eigenvalue weighted by molar-refractivity contribution is 7.85. The van der Waals surface area contributed by atoms with Crippen molar-refractivity contribution in [2.75, 3.05) is 11.5 Å². The van der Waals surface area contributed by atoms with Gasteiger partial charge in [-0.05, 0) is 25.2 Å². The molecular weight excluding hydrogens is 224 g/mol. The van der Waals surface area contributed by atoms with E-state index in [-0.39, 0.29) is 11.9 Å². The molecule has 3 N–H and O–H groups in total. The molecule has 0 spiro atoms. The van der Waals surface area contributed by atoms with Gasteiger partial charge in [-0.25, -0.2) is 0 Å². The zero-order valence-electron chi connectivity index (χ0n) is 10.1. The van der Waals surface area contributed by atoms with E-state index in [2.05, 4.69) is 19.2 Å². The number of amides is 1. The fourth-order valence-electron chi connectivity index (χ4n) is 1.86. The lowest BCUT2D eigenvalue weighted by atomic mass is 10.0. The molecule has 16 heavy (non-hydrogen) atoms. The van der Waals surface area contributed by atoms with Crippen LogP contribution in [-0.2, 0) is 15.6 Å². The SMILES string of the molecule is CC(C)C[C@@H](N)C(=O)NC1CCS(=O)CC1. The monoisotopic (exact) mass is 246 g/mol. The molecule has 1 atom stereocenters. The first-order chi connectivity index (χ1) is 7.49. The van der Waals surface area contributed by atoms with Crippen LogP contribution < -0.4 is 11.1 Å². The summed E-state index contributed by atoms with van der Waals surface area (Å²) in [4.78, 5) is 11.7. The Kier molecular flexibility index (Phi) is 5.41. The first-order valence-corrected chi connectivity index (χ1v) is 7.38. The summed E-state index contributed by atoms with van der Waals surface area (Å²) in [5.74, 6) is 1.76. The van der Waals surface area contributed by atoms with E-state index in [9.17, 15) is 9.00 Å². The van der Waals surface area contributed by atoms with Crippen LogP contribution in [0.2, 0.25) is 0 Å². The molecule has 5 heteroatoms. The lowest BCUT2D eigenvalue weighted by molar-refractivity contribution is -0.123. The molecule has 4 nitrogen and oxygen atoms in total. The summed E-state index contributed by atoms with van der Waals surface area (Å²) in [6, 6.07) is -0.240. The van der Waals surface area contributed by atoms with Crippen LogP contribution in [0.15, 0.2) is 0 Å². The van der Waals surface area contributed by atoms with Gasteiger partial charge in [-0.1, -0.05) is 13.8 Å². The van der Waals surface area contributed by atoms with Crippen LogP contribution in [0.25, 0.3) is 0 Å². The lowest BCUT2D eigenvalue weighted by Crippen LogP contribution is -2.47. The smallest absolute Gasteiger partial charge is 0.237 e. The highest BCUT2D eigenvalue weighted by atomic mass is 32.2. The third-order valence-corrected chi connectivity index (χ3v) is 4.18. The third-order valence-electron chi connectivity index (χ3n) is 2.80. The summed E-state index contributed by atoms with van der Waals surface area (Å²) in [7, 11) is -0.678. The van der Waals surface area contributed by atoms with Crippen molar-refractivity contribution in [2.45, 2.75) is 45.2 Å². The molecule has 0 aromatic heterocycles. The van der Waals surface area contributed by atoms with Crippen molar-refractivity contribution in [1.29, 1.82) is 0 Å². The fraction of sp³-hybridized carbons (Fsp3) is 0.909. The largest absolute Gasteiger partial charge is 0.352 e. The van der Waals surface area contributed by atoms with Gasteiger partial charge in [0.1, 0.15) is 0 Å². The van der Waals surface area contributed by atoms with Gasteiger partial charge >= 0.3 is 0 Å². The highest BCUT2D eigenvalue weighted by Crippen LogP contribution is 2.10. The Morgan fingerprint density at radius 1 is 1.44 bits per heavy atom. The van der Waals surface area contributed by atoms with Crippen molar-refractivity contribution >= 4 is 16.7 Å². The molecular formula is C11H22N2O2S. The quantitative estimate of drug-likeness (QED) is 0.753. The van der Waals surface area contributed by atoms with E-state index in [1.807, 2.05) is 0 Å². The Hall–Kier alpha value is -0.420. The topological polar surface area (TPSA) is 72.2 Å². The second-order valence-corrected chi connectivity index (χ2v) is 6.56. The summed E-state index contributed by atoms with van der Waals surface area (Å²) in [5.41, 5.74) is 5.79. The Bertz CT molecular complexity index is 259. The van der Waals surface area contributed by atoms with Crippen LogP contribution in [0, 0.1) is 5.92 Å². The average molecular weight is 246 g/mol. The van der Waals surface area contributed by atoms with Gasteiger partial charge in [0.25, 0.3) is 0 Å². The van der Waals surface area contributed by atoms with E-state index in [1.165, 1.54) is 0 Å². The standard InChI is InChI=1S/C11H22N2O2S/c1-8(2)7-10(12)11(14)13-9-3-5-16(15)6-4-9/h8-10H,3-7,12H2,1-2H3,(H,13,14)/t9?,10-,16?/m1/s1. The Balaban J connectivity index is 2.30. The maximum atomic E-state index is 11.7. The summed E-state index contributed by atoms with van der Waals surface area (Å²) in [5, 5.41) is 2.95. The molecule has 1 amide bonds. The number of nitrogens with one attached hydrogen (secondary N) is 1. The molecule has 0 radical (unpaired) electrons. The van der Waals surface area contributed by atoms with Crippen molar-refractivity contribution in [2.24, 2.45) is 11.7 Å². The fourth-order valence-corrected chi connectivity index (χ4v) is 3.16. The first kappa shape index (κ1) is 13.6. The molecule has 0 saturated carbocycles. The molecule has 1 aliphatic heterocycles. The normalized spacial score (nSPS) is 27.8. The van der Waals surface area contributed by atoms with Gasteiger partial charge in [0.2, 0.25) is 5.91 Å². The number of carbonyl (C=O) groups is 1. The van der Waals surface area contributed by atoms with Crippen molar-refractivity contribution < 1.29 is 9.00 Å². The van der Waals surface area contributed by atoms with Crippen molar-refractivity contribution in [3.8, 4) is 0 Å². The van der Waals surface area contributed by atoms with E-state index in [0.29, 0.717) is 23.8 Å². The molecule has 0 aromatic rings. The predicted octanol–water partition coefficient (Wildman–Crippen LogP) is 0.387.